The summed E-state index contributed by atoms with van der Waals surface area (Å²) in [5, 5.41) is 14.3. The number of nitrogens with zero attached hydrogens (tertiary/aromatic N) is 4. The van der Waals surface area contributed by atoms with Crippen LogP contribution in [0, 0.1) is 5.82 Å². The van der Waals surface area contributed by atoms with Crippen LogP contribution in [0.5, 0.6) is 5.75 Å². The summed E-state index contributed by atoms with van der Waals surface area (Å²) < 4.78 is 45.7. The van der Waals surface area contributed by atoms with Gasteiger partial charge in [-0.1, -0.05) is 35.4 Å². The van der Waals surface area contributed by atoms with E-state index in [1.807, 2.05) is 0 Å². The highest BCUT2D eigenvalue weighted by molar-refractivity contribution is 5.80. The highest BCUT2D eigenvalue weighted by Crippen LogP contribution is 2.35. The molecule has 26 heavy (non-hydrogen) atoms. The standard InChI is InChI=1S/C17H12F3N5O/c18-12-7-3-1-5-10(12)14-9-13(21-17-22-23-24-25(14)17)11-6-2-4-8-15(11)26-16(19)20/h1-9,14,16H,(H,21,22,24)/t14-/m1/s1. The molecule has 9 heteroatoms. The summed E-state index contributed by atoms with van der Waals surface area (Å²) in [6, 6.07) is 11.9. The van der Waals surface area contributed by atoms with Crippen molar-refractivity contribution in [1.29, 1.82) is 0 Å². The number of halogens is 3. The smallest absolute Gasteiger partial charge is 0.387 e. The van der Waals surface area contributed by atoms with E-state index >= 15 is 0 Å². The van der Waals surface area contributed by atoms with Crippen LogP contribution >= 0.6 is 0 Å². The molecule has 132 valence electrons. The van der Waals surface area contributed by atoms with Crippen molar-refractivity contribution in [3.63, 3.8) is 0 Å². The minimum atomic E-state index is -2.96. The van der Waals surface area contributed by atoms with Crippen LogP contribution in [-0.2, 0) is 0 Å². The van der Waals surface area contributed by atoms with Gasteiger partial charge in [-0.25, -0.2) is 4.39 Å². The number of alkyl halides is 2. The van der Waals surface area contributed by atoms with Gasteiger partial charge < -0.3 is 10.1 Å². The number of hydrogen-bond donors (Lipinski definition) is 1. The van der Waals surface area contributed by atoms with Crippen molar-refractivity contribution in [1.82, 2.24) is 20.2 Å². The monoisotopic (exact) mass is 359 g/mol. The molecule has 0 saturated carbocycles. The van der Waals surface area contributed by atoms with E-state index in [4.69, 9.17) is 0 Å². The van der Waals surface area contributed by atoms with Crippen LogP contribution in [0.4, 0.5) is 19.1 Å². The number of hydrogen-bond acceptors (Lipinski definition) is 5. The van der Waals surface area contributed by atoms with Gasteiger partial charge in [0.25, 0.3) is 0 Å². The Labute approximate surface area is 145 Å². The van der Waals surface area contributed by atoms with Crippen molar-refractivity contribution < 1.29 is 17.9 Å². The van der Waals surface area contributed by atoms with Crippen LogP contribution in [0.25, 0.3) is 5.70 Å². The lowest BCUT2D eigenvalue weighted by atomic mass is 10.0. The van der Waals surface area contributed by atoms with Gasteiger partial charge in [0.15, 0.2) is 0 Å². The second kappa shape index (κ2) is 6.51. The van der Waals surface area contributed by atoms with Gasteiger partial charge in [0.05, 0.1) is 5.70 Å². The Bertz CT molecular complexity index is 972. The van der Waals surface area contributed by atoms with Crippen molar-refractivity contribution in [3.05, 3.63) is 71.6 Å². The van der Waals surface area contributed by atoms with Crippen molar-refractivity contribution in [3.8, 4) is 5.75 Å². The van der Waals surface area contributed by atoms with E-state index in [1.54, 1.807) is 42.5 Å². The molecule has 0 spiro atoms. The van der Waals surface area contributed by atoms with Crippen LogP contribution in [0.15, 0.2) is 54.6 Å². The fraction of sp³-hybridized carbons (Fsp3) is 0.118. The second-order valence-corrected chi connectivity index (χ2v) is 5.49. The molecule has 0 unspecified atom stereocenters. The summed E-state index contributed by atoms with van der Waals surface area (Å²) in [5.41, 5.74) is 1.19. The van der Waals surface area contributed by atoms with Gasteiger partial charge in [0.2, 0.25) is 5.95 Å². The predicted octanol–water partition coefficient (Wildman–Crippen LogP) is 3.47. The molecule has 2 heterocycles. The summed E-state index contributed by atoms with van der Waals surface area (Å²) in [6.45, 7) is -2.96. The maximum atomic E-state index is 14.3. The number of fused-ring (bicyclic) bond motifs is 1. The summed E-state index contributed by atoms with van der Waals surface area (Å²) >= 11 is 0. The Morgan fingerprint density at radius 2 is 1.85 bits per heavy atom. The van der Waals surface area contributed by atoms with Crippen molar-refractivity contribution >= 4 is 11.6 Å². The van der Waals surface area contributed by atoms with Gasteiger partial charge in [-0.05, 0) is 34.7 Å². The zero-order chi connectivity index (χ0) is 18.1. The lowest BCUT2D eigenvalue weighted by Crippen LogP contribution is -2.21. The number of anilines is 1. The number of para-hydroxylation sites is 1. The first-order valence-corrected chi connectivity index (χ1v) is 7.69. The summed E-state index contributed by atoms with van der Waals surface area (Å²) in [5.74, 6) is -0.161. The normalized spacial score (nSPS) is 16.0. The first-order chi connectivity index (χ1) is 12.6. The molecule has 6 nitrogen and oxygen atoms in total. The predicted molar refractivity (Wildman–Crippen MR) is 87.0 cm³/mol. The van der Waals surface area contributed by atoms with E-state index < -0.39 is 18.5 Å². The Balaban J connectivity index is 1.82. The molecular formula is C17H12F3N5O. The lowest BCUT2D eigenvalue weighted by Gasteiger charge is -2.24. The summed E-state index contributed by atoms with van der Waals surface area (Å²) in [4.78, 5) is 0. The number of allylic oxidation sites excluding steroid dienone is 1. The number of rotatable bonds is 4. The zero-order valence-corrected chi connectivity index (χ0v) is 13.2. The molecule has 1 aromatic heterocycles. The maximum Gasteiger partial charge on any atom is 0.387 e. The zero-order valence-electron chi connectivity index (χ0n) is 13.2. The first-order valence-electron chi connectivity index (χ1n) is 7.69. The van der Waals surface area contributed by atoms with Crippen molar-refractivity contribution in [2.75, 3.05) is 5.32 Å². The molecule has 0 bridgehead atoms. The SMILES string of the molecule is Fc1ccccc1[C@H]1C=C(c2ccccc2OC(F)F)Nc2nnnn21. The number of aromatic nitrogens is 4. The van der Waals surface area contributed by atoms with Gasteiger partial charge in [0.1, 0.15) is 17.6 Å². The molecule has 2 aromatic carbocycles. The summed E-state index contributed by atoms with van der Waals surface area (Å²) in [6.07, 6.45) is 1.66. The number of tetrazole rings is 1. The molecule has 1 N–H and O–H groups in total. The lowest BCUT2D eigenvalue weighted by molar-refractivity contribution is -0.0500. The average molecular weight is 359 g/mol. The van der Waals surface area contributed by atoms with Crippen molar-refractivity contribution in [2.45, 2.75) is 12.7 Å². The molecule has 0 amide bonds. The average Bonchev–Trinajstić information content (AvgIpc) is 3.10. The van der Waals surface area contributed by atoms with Crippen molar-refractivity contribution in [2.24, 2.45) is 0 Å². The van der Waals surface area contributed by atoms with Crippen LogP contribution in [0.2, 0.25) is 0 Å². The van der Waals surface area contributed by atoms with E-state index in [0.717, 1.165) is 0 Å². The van der Waals surface area contributed by atoms with Crippen LogP contribution in [0.3, 0.4) is 0 Å². The van der Waals surface area contributed by atoms with Crippen LogP contribution in [0.1, 0.15) is 17.2 Å². The molecule has 4 rings (SSSR count). The van der Waals surface area contributed by atoms with E-state index in [2.05, 4.69) is 25.6 Å². The second-order valence-electron chi connectivity index (χ2n) is 5.49. The topological polar surface area (TPSA) is 64.9 Å². The minimum Gasteiger partial charge on any atom is -0.434 e. The fourth-order valence-electron chi connectivity index (χ4n) is 2.84. The third kappa shape index (κ3) is 2.87. The molecule has 1 aliphatic rings. The van der Waals surface area contributed by atoms with Crippen LogP contribution in [-0.4, -0.2) is 26.8 Å². The molecule has 0 fully saturated rings. The first kappa shape index (κ1) is 16.1. The summed E-state index contributed by atoms with van der Waals surface area (Å²) in [7, 11) is 0. The Hall–Kier alpha value is -3.36. The minimum absolute atomic E-state index is 0.00513. The quantitative estimate of drug-likeness (QED) is 0.773. The van der Waals surface area contributed by atoms with E-state index in [1.165, 1.54) is 16.8 Å². The highest BCUT2D eigenvalue weighted by Gasteiger charge is 2.27. The maximum absolute atomic E-state index is 14.3. The molecule has 1 aliphatic heterocycles. The number of ether oxygens (including phenoxy) is 1. The molecular weight excluding hydrogens is 347 g/mol. The van der Waals surface area contributed by atoms with Gasteiger partial charge in [0, 0.05) is 11.1 Å². The third-order valence-electron chi connectivity index (χ3n) is 3.94. The largest absolute Gasteiger partial charge is 0.434 e. The van der Waals surface area contributed by atoms with Gasteiger partial charge >= 0.3 is 6.61 Å². The van der Waals surface area contributed by atoms with E-state index in [9.17, 15) is 13.2 Å². The Morgan fingerprint density at radius 3 is 2.65 bits per heavy atom. The molecule has 0 saturated heterocycles. The van der Waals surface area contributed by atoms with E-state index in [-0.39, 0.29) is 11.7 Å². The van der Waals surface area contributed by atoms with Gasteiger partial charge in [-0.3, -0.25) is 0 Å². The fourth-order valence-corrected chi connectivity index (χ4v) is 2.84. The van der Waals surface area contributed by atoms with Gasteiger partial charge in [-0.2, -0.15) is 13.5 Å². The Kier molecular flexibility index (Phi) is 4.04. The molecule has 1 atom stereocenters. The van der Waals surface area contributed by atoms with Gasteiger partial charge in [-0.15, -0.1) is 0 Å². The third-order valence-corrected chi connectivity index (χ3v) is 3.94. The Morgan fingerprint density at radius 1 is 1.08 bits per heavy atom. The number of nitrogens with one attached hydrogen (secondary N) is 1. The molecule has 0 radical (unpaired) electrons. The van der Waals surface area contributed by atoms with Crippen LogP contribution < -0.4 is 10.1 Å². The molecule has 3 aromatic rings. The molecule has 0 aliphatic carbocycles. The number of benzene rings is 2. The highest BCUT2D eigenvalue weighted by atomic mass is 19.3. The van der Waals surface area contributed by atoms with E-state index in [0.29, 0.717) is 16.8 Å².